The summed E-state index contributed by atoms with van der Waals surface area (Å²) in [6.07, 6.45) is 0. The van der Waals surface area contributed by atoms with E-state index < -0.39 is 10.0 Å². The Morgan fingerprint density at radius 1 is 1.05 bits per heavy atom. The van der Waals surface area contributed by atoms with Crippen molar-refractivity contribution in [1.82, 2.24) is 0 Å². The zero-order chi connectivity index (χ0) is 14.8. The molecule has 4 nitrogen and oxygen atoms in total. The topological polar surface area (TPSA) is 57.5 Å². The molecule has 2 aromatic carbocycles. The van der Waals surface area contributed by atoms with Gasteiger partial charge < -0.3 is 9.46 Å². The molecule has 0 aliphatic carbocycles. The minimum absolute atomic E-state index is 0.0596. The SMILES string of the molecule is COc1ccc(S(=O)(=O)[N-]c2ccc(Cl)cc2Cl)cc1. The molecule has 0 bridgehead atoms. The molecule has 2 rings (SSSR count). The predicted molar refractivity (Wildman–Crippen MR) is 79.7 cm³/mol. The van der Waals surface area contributed by atoms with Gasteiger partial charge in [-0.25, -0.2) is 8.42 Å². The molecule has 0 aliphatic rings. The lowest BCUT2D eigenvalue weighted by molar-refractivity contribution is 0.414. The summed E-state index contributed by atoms with van der Waals surface area (Å²) in [6, 6.07) is 10.3. The molecule has 0 N–H and O–H groups in total. The summed E-state index contributed by atoms with van der Waals surface area (Å²) < 4.78 is 32.9. The second-order valence-electron chi connectivity index (χ2n) is 3.84. The summed E-state index contributed by atoms with van der Waals surface area (Å²) in [5.74, 6) is 0.563. The molecule has 0 aromatic heterocycles. The normalized spacial score (nSPS) is 11.2. The van der Waals surface area contributed by atoms with Gasteiger partial charge in [-0.1, -0.05) is 29.3 Å². The van der Waals surface area contributed by atoms with Crippen LogP contribution in [0.3, 0.4) is 0 Å². The van der Waals surface area contributed by atoms with Crippen LogP contribution in [0, 0.1) is 0 Å². The monoisotopic (exact) mass is 330 g/mol. The van der Waals surface area contributed by atoms with Gasteiger partial charge in [0.2, 0.25) is 0 Å². The van der Waals surface area contributed by atoms with Gasteiger partial charge in [0, 0.05) is 10.0 Å². The lowest BCUT2D eigenvalue weighted by Gasteiger charge is -2.23. The number of halogens is 2. The van der Waals surface area contributed by atoms with E-state index >= 15 is 0 Å². The predicted octanol–water partition coefficient (Wildman–Crippen LogP) is 4.40. The highest BCUT2D eigenvalue weighted by molar-refractivity contribution is 7.94. The van der Waals surface area contributed by atoms with Gasteiger partial charge in [-0.2, -0.15) is 0 Å². The minimum Gasteiger partial charge on any atom is -0.572 e. The van der Waals surface area contributed by atoms with Crippen molar-refractivity contribution in [3.8, 4) is 5.75 Å². The first kappa shape index (κ1) is 15.0. The highest BCUT2D eigenvalue weighted by Crippen LogP contribution is 2.35. The molecule has 0 unspecified atom stereocenters. The highest BCUT2D eigenvalue weighted by Gasteiger charge is 2.06. The Bertz CT molecular complexity index is 715. The molecule has 0 spiro atoms. The smallest absolute Gasteiger partial charge is 0.123 e. The number of hydrogen-bond donors (Lipinski definition) is 0. The maximum Gasteiger partial charge on any atom is 0.123 e. The van der Waals surface area contributed by atoms with Crippen molar-refractivity contribution < 1.29 is 13.2 Å². The highest BCUT2D eigenvalue weighted by atomic mass is 35.5. The average molecular weight is 331 g/mol. The fourth-order valence-electron chi connectivity index (χ4n) is 1.49. The van der Waals surface area contributed by atoms with E-state index in [0.29, 0.717) is 10.8 Å². The number of rotatable bonds is 4. The van der Waals surface area contributed by atoms with E-state index in [4.69, 9.17) is 27.9 Å². The first-order chi connectivity index (χ1) is 9.42. The molecule has 0 aliphatic heterocycles. The summed E-state index contributed by atoms with van der Waals surface area (Å²) in [7, 11) is -2.33. The second-order valence-corrected chi connectivity index (χ2v) is 6.29. The standard InChI is InChI=1S/C13H10Cl2NO3S/c1-19-10-3-5-11(6-4-10)20(17,18)16-13-7-2-9(14)8-12(13)15/h2-8H,1H3/q-1. The van der Waals surface area contributed by atoms with Gasteiger partial charge in [-0.05, 0) is 36.4 Å². The van der Waals surface area contributed by atoms with Crippen LogP contribution in [-0.4, -0.2) is 15.5 Å². The van der Waals surface area contributed by atoms with E-state index in [1.165, 1.54) is 37.4 Å². The van der Waals surface area contributed by atoms with E-state index in [1.807, 2.05) is 0 Å². The molecular formula is C13H10Cl2NO3S-. The Balaban J connectivity index is 2.30. The molecule has 7 heteroatoms. The van der Waals surface area contributed by atoms with Gasteiger partial charge in [-0.3, -0.25) is 0 Å². The summed E-state index contributed by atoms with van der Waals surface area (Å²) in [6.45, 7) is 0. The summed E-state index contributed by atoms with van der Waals surface area (Å²) >= 11 is 11.7. The van der Waals surface area contributed by atoms with Crippen molar-refractivity contribution in [1.29, 1.82) is 0 Å². The molecule has 2 aromatic rings. The van der Waals surface area contributed by atoms with Crippen molar-refractivity contribution in [2.45, 2.75) is 4.90 Å². The summed E-state index contributed by atoms with van der Waals surface area (Å²) in [5, 5.41) is 0.588. The molecule has 0 radical (unpaired) electrons. The zero-order valence-electron chi connectivity index (χ0n) is 10.4. The molecule has 20 heavy (non-hydrogen) atoms. The number of methoxy groups -OCH3 is 1. The molecule has 0 fully saturated rings. The lowest BCUT2D eigenvalue weighted by Crippen LogP contribution is -1.98. The average Bonchev–Trinajstić information content (AvgIpc) is 2.42. The van der Waals surface area contributed by atoms with E-state index in [0.717, 1.165) is 0 Å². The van der Waals surface area contributed by atoms with Crippen LogP contribution in [0.25, 0.3) is 4.72 Å². The third-order valence-corrected chi connectivity index (χ3v) is 4.33. The first-order valence-corrected chi connectivity index (χ1v) is 7.69. The molecule has 0 amide bonds. The van der Waals surface area contributed by atoms with E-state index in [2.05, 4.69) is 4.72 Å². The van der Waals surface area contributed by atoms with Crippen molar-refractivity contribution in [2.75, 3.05) is 7.11 Å². The van der Waals surface area contributed by atoms with Crippen molar-refractivity contribution in [3.05, 3.63) is 57.2 Å². The maximum absolute atomic E-state index is 12.1. The molecule has 106 valence electrons. The Hall–Kier alpha value is -1.43. The van der Waals surface area contributed by atoms with Crippen LogP contribution >= 0.6 is 23.2 Å². The largest absolute Gasteiger partial charge is 0.572 e. The fourth-order valence-corrected chi connectivity index (χ4v) is 2.99. The molecular weight excluding hydrogens is 321 g/mol. The molecule has 0 heterocycles. The van der Waals surface area contributed by atoms with E-state index in [1.54, 1.807) is 12.1 Å². The van der Waals surface area contributed by atoms with Crippen LogP contribution < -0.4 is 4.74 Å². The maximum atomic E-state index is 12.1. The summed E-state index contributed by atoms with van der Waals surface area (Å²) in [4.78, 5) is 0.0596. The number of ether oxygens (including phenoxy) is 1. The van der Waals surface area contributed by atoms with Crippen LogP contribution in [0.5, 0.6) is 5.75 Å². The third-order valence-electron chi connectivity index (χ3n) is 2.49. The van der Waals surface area contributed by atoms with Crippen LogP contribution in [0.4, 0.5) is 5.69 Å². The van der Waals surface area contributed by atoms with Gasteiger partial charge >= 0.3 is 0 Å². The van der Waals surface area contributed by atoms with Gasteiger partial charge in [0.1, 0.15) is 15.8 Å². The Labute approximate surface area is 127 Å². The number of benzene rings is 2. The third kappa shape index (κ3) is 3.36. The molecule has 0 saturated heterocycles. The van der Waals surface area contributed by atoms with E-state index in [-0.39, 0.29) is 15.6 Å². The fraction of sp³-hybridized carbons (Fsp3) is 0.0769. The van der Waals surface area contributed by atoms with Gasteiger partial charge in [-0.15, -0.1) is 5.69 Å². The van der Waals surface area contributed by atoms with Crippen LogP contribution in [0.15, 0.2) is 47.4 Å². The van der Waals surface area contributed by atoms with Gasteiger partial charge in [0.05, 0.1) is 12.0 Å². The number of nitrogens with zero attached hydrogens (tertiary/aromatic N) is 1. The summed E-state index contributed by atoms with van der Waals surface area (Å²) in [5.41, 5.74) is 0.145. The first-order valence-electron chi connectivity index (χ1n) is 5.49. The Morgan fingerprint density at radius 3 is 2.25 bits per heavy atom. The van der Waals surface area contributed by atoms with Gasteiger partial charge in [0.25, 0.3) is 0 Å². The zero-order valence-corrected chi connectivity index (χ0v) is 12.7. The van der Waals surface area contributed by atoms with Crippen LogP contribution in [-0.2, 0) is 10.0 Å². The van der Waals surface area contributed by atoms with Gasteiger partial charge in [0.15, 0.2) is 0 Å². The molecule has 0 saturated carbocycles. The minimum atomic E-state index is -3.83. The van der Waals surface area contributed by atoms with Crippen molar-refractivity contribution >= 4 is 38.9 Å². The second kappa shape index (κ2) is 5.91. The van der Waals surface area contributed by atoms with Crippen molar-refractivity contribution in [2.24, 2.45) is 0 Å². The Morgan fingerprint density at radius 2 is 1.70 bits per heavy atom. The van der Waals surface area contributed by atoms with Crippen LogP contribution in [0.2, 0.25) is 10.0 Å². The quantitative estimate of drug-likeness (QED) is 0.834. The lowest BCUT2D eigenvalue weighted by atomic mass is 10.3. The number of hydrogen-bond acceptors (Lipinski definition) is 3. The Kier molecular flexibility index (Phi) is 4.42. The van der Waals surface area contributed by atoms with Crippen LogP contribution in [0.1, 0.15) is 0 Å². The molecule has 0 atom stereocenters. The van der Waals surface area contributed by atoms with E-state index in [9.17, 15) is 8.42 Å². The number of sulfonamides is 1. The van der Waals surface area contributed by atoms with Crippen molar-refractivity contribution in [3.63, 3.8) is 0 Å².